The molecule has 2 atom stereocenters. The average molecular weight is 223 g/mol. The van der Waals surface area contributed by atoms with Gasteiger partial charge in [0.2, 0.25) is 0 Å². The molecular formula is C13H21NS. The van der Waals surface area contributed by atoms with E-state index >= 15 is 0 Å². The van der Waals surface area contributed by atoms with Gasteiger partial charge in [-0.15, -0.1) is 11.3 Å². The Morgan fingerprint density at radius 2 is 2.13 bits per heavy atom. The Morgan fingerprint density at radius 3 is 2.80 bits per heavy atom. The van der Waals surface area contributed by atoms with E-state index in [1.165, 1.54) is 37.7 Å². The lowest BCUT2D eigenvalue weighted by molar-refractivity contribution is 0.412. The van der Waals surface area contributed by atoms with E-state index in [2.05, 4.69) is 18.4 Å². The van der Waals surface area contributed by atoms with Crippen molar-refractivity contribution in [2.24, 2.45) is 11.7 Å². The number of hydrogen-bond acceptors (Lipinski definition) is 2. The van der Waals surface area contributed by atoms with E-state index in [0.717, 1.165) is 18.4 Å². The van der Waals surface area contributed by atoms with Gasteiger partial charge < -0.3 is 5.73 Å². The molecule has 84 valence electrons. The third kappa shape index (κ3) is 2.43. The SMILES string of the molecule is Cc1ccsc1C1CCCCCC1CN. The van der Waals surface area contributed by atoms with Crippen molar-refractivity contribution in [3.05, 3.63) is 21.9 Å². The van der Waals surface area contributed by atoms with Crippen molar-refractivity contribution < 1.29 is 0 Å². The Bertz CT molecular complexity index is 305. The van der Waals surface area contributed by atoms with Crippen molar-refractivity contribution in [3.8, 4) is 0 Å². The van der Waals surface area contributed by atoms with E-state index in [1.54, 1.807) is 4.88 Å². The van der Waals surface area contributed by atoms with Crippen LogP contribution in [0.5, 0.6) is 0 Å². The lowest BCUT2D eigenvalue weighted by atomic mass is 9.85. The van der Waals surface area contributed by atoms with Crippen LogP contribution in [0, 0.1) is 12.8 Å². The second kappa shape index (κ2) is 5.13. The van der Waals surface area contributed by atoms with E-state index in [4.69, 9.17) is 5.73 Å². The molecule has 1 aromatic heterocycles. The topological polar surface area (TPSA) is 26.0 Å². The van der Waals surface area contributed by atoms with Gasteiger partial charge in [-0.1, -0.05) is 19.3 Å². The van der Waals surface area contributed by atoms with E-state index in [-0.39, 0.29) is 0 Å². The van der Waals surface area contributed by atoms with Gasteiger partial charge in [0.15, 0.2) is 0 Å². The van der Waals surface area contributed by atoms with Gasteiger partial charge in [0.05, 0.1) is 0 Å². The molecule has 2 unspecified atom stereocenters. The smallest absolute Gasteiger partial charge is 0.0109 e. The zero-order valence-electron chi connectivity index (χ0n) is 9.54. The van der Waals surface area contributed by atoms with E-state index < -0.39 is 0 Å². The minimum atomic E-state index is 0.727. The van der Waals surface area contributed by atoms with Crippen LogP contribution >= 0.6 is 11.3 Å². The maximum atomic E-state index is 5.92. The van der Waals surface area contributed by atoms with Crippen LogP contribution in [-0.4, -0.2) is 6.54 Å². The third-order valence-corrected chi connectivity index (χ3v) is 4.85. The number of thiophene rings is 1. The molecule has 1 nitrogen and oxygen atoms in total. The summed E-state index contributed by atoms with van der Waals surface area (Å²) in [5.41, 5.74) is 7.40. The Labute approximate surface area is 96.7 Å². The van der Waals surface area contributed by atoms with Gasteiger partial charge in [0, 0.05) is 4.88 Å². The first-order chi connectivity index (χ1) is 7.33. The van der Waals surface area contributed by atoms with Crippen LogP contribution < -0.4 is 5.73 Å². The predicted octanol–water partition coefficient (Wildman–Crippen LogP) is 3.68. The van der Waals surface area contributed by atoms with Gasteiger partial charge in [-0.3, -0.25) is 0 Å². The summed E-state index contributed by atoms with van der Waals surface area (Å²) in [6.07, 6.45) is 6.85. The second-order valence-corrected chi connectivity index (χ2v) is 5.66. The summed E-state index contributed by atoms with van der Waals surface area (Å²) in [6.45, 7) is 3.10. The molecule has 0 spiro atoms. The van der Waals surface area contributed by atoms with Crippen LogP contribution in [-0.2, 0) is 0 Å². The highest BCUT2D eigenvalue weighted by Crippen LogP contribution is 2.39. The van der Waals surface area contributed by atoms with Gasteiger partial charge >= 0.3 is 0 Å². The fourth-order valence-electron chi connectivity index (χ4n) is 2.78. The molecule has 1 aliphatic rings. The first-order valence-electron chi connectivity index (χ1n) is 6.07. The van der Waals surface area contributed by atoms with E-state index in [9.17, 15) is 0 Å². The lowest BCUT2D eigenvalue weighted by Gasteiger charge is -2.23. The molecular weight excluding hydrogens is 202 g/mol. The van der Waals surface area contributed by atoms with Crippen molar-refractivity contribution in [1.82, 2.24) is 0 Å². The van der Waals surface area contributed by atoms with Crippen LogP contribution in [0.15, 0.2) is 11.4 Å². The average Bonchev–Trinajstić information content (AvgIpc) is 2.54. The minimum absolute atomic E-state index is 0.727. The van der Waals surface area contributed by atoms with Crippen LogP contribution in [0.3, 0.4) is 0 Å². The molecule has 0 bridgehead atoms. The molecule has 0 aliphatic heterocycles. The molecule has 0 amide bonds. The number of aryl methyl sites for hydroxylation is 1. The van der Waals surface area contributed by atoms with Gasteiger partial charge in [0.1, 0.15) is 0 Å². The van der Waals surface area contributed by atoms with Crippen LogP contribution in [0.2, 0.25) is 0 Å². The van der Waals surface area contributed by atoms with Crippen molar-refractivity contribution in [1.29, 1.82) is 0 Å². The Kier molecular flexibility index (Phi) is 3.81. The second-order valence-electron chi connectivity index (χ2n) is 4.71. The fraction of sp³-hybridized carbons (Fsp3) is 0.692. The molecule has 2 heteroatoms. The molecule has 1 aromatic rings. The molecule has 1 saturated carbocycles. The molecule has 2 rings (SSSR count). The van der Waals surface area contributed by atoms with Crippen molar-refractivity contribution in [2.75, 3.05) is 6.54 Å². The summed E-state index contributed by atoms with van der Waals surface area (Å²) >= 11 is 1.93. The molecule has 1 aliphatic carbocycles. The highest BCUT2D eigenvalue weighted by Gasteiger charge is 2.25. The normalized spacial score (nSPS) is 27.6. The number of hydrogen-bond donors (Lipinski definition) is 1. The summed E-state index contributed by atoms with van der Waals surface area (Å²) in [4.78, 5) is 1.60. The highest BCUT2D eigenvalue weighted by molar-refractivity contribution is 7.10. The van der Waals surface area contributed by atoms with Gasteiger partial charge in [-0.2, -0.15) is 0 Å². The van der Waals surface area contributed by atoms with Gasteiger partial charge in [-0.25, -0.2) is 0 Å². The van der Waals surface area contributed by atoms with E-state index in [0.29, 0.717) is 0 Å². The fourth-order valence-corrected chi connectivity index (χ4v) is 3.93. The zero-order chi connectivity index (χ0) is 10.7. The number of nitrogens with two attached hydrogens (primary N) is 1. The van der Waals surface area contributed by atoms with Crippen LogP contribution in [0.25, 0.3) is 0 Å². The Hall–Kier alpha value is -0.340. The predicted molar refractivity (Wildman–Crippen MR) is 67.4 cm³/mol. The third-order valence-electron chi connectivity index (χ3n) is 3.70. The lowest BCUT2D eigenvalue weighted by Crippen LogP contribution is -2.20. The summed E-state index contributed by atoms with van der Waals surface area (Å²) in [5.74, 6) is 1.47. The first-order valence-corrected chi connectivity index (χ1v) is 6.95. The maximum Gasteiger partial charge on any atom is 0.0109 e. The Balaban J connectivity index is 2.20. The maximum absolute atomic E-state index is 5.92. The highest BCUT2D eigenvalue weighted by atomic mass is 32.1. The molecule has 1 heterocycles. The van der Waals surface area contributed by atoms with Crippen LogP contribution in [0.4, 0.5) is 0 Å². The molecule has 1 fully saturated rings. The van der Waals surface area contributed by atoms with Crippen molar-refractivity contribution >= 4 is 11.3 Å². The molecule has 0 radical (unpaired) electrons. The van der Waals surface area contributed by atoms with Gasteiger partial charge in [-0.05, 0) is 55.2 Å². The molecule has 2 N–H and O–H groups in total. The molecule has 15 heavy (non-hydrogen) atoms. The van der Waals surface area contributed by atoms with E-state index in [1.807, 2.05) is 11.3 Å². The summed E-state index contributed by atoms with van der Waals surface area (Å²) in [7, 11) is 0. The summed E-state index contributed by atoms with van der Waals surface area (Å²) in [5, 5.41) is 2.23. The standard InChI is InChI=1S/C13H21NS/c1-10-7-8-15-13(10)12-6-4-2-3-5-11(12)9-14/h7-8,11-12H,2-6,9,14H2,1H3. The van der Waals surface area contributed by atoms with Crippen molar-refractivity contribution in [2.45, 2.75) is 44.9 Å². The molecule has 0 aromatic carbocycles. The monoisotopic (exact) mass is 223 g/mol. The zero-order valence-corrected chi connectivity index (χ0v) is 10.4. The summed E-state index contributed by atoms with van der Waals surface area (Å²) in [6, 6.07) is 2.25. The quantitative estimate of drug-likeness (QED) is 0.760. The van der Waals surface area contributed by atoms with Crippen molar-refractivity contribution in [3.63, 3.8) is 0 Å². The summed E-state index contributed by atoms with van der Waals surface area (Å²) < 4.78 is 0. The first kappa shape index (κ1) is 11.2. The van der Waals surface area contributed by atoms with Gasteiger partial charge in [0.25, 0.3) is 0 Å². The van der Waals surface area contributed by atoms with Crippen LogP contribution in [0.1, 0.15) is 48.5 Å². The number of rotatable bonds is 2. The Morgan fingerprint density at radius 1 is 1.33 bits per heavy atom. The largest absolute Gasteiger partial charge is 0.330 e. The molecule has 0 saturated heterocycles. The minimum Gasteiger partial charge on any atom is -0.330 e.